The van der Waals surface area contributed by atoms with Crippen molar-refractivity contribution in [2.45, 2.75) is 70.6 Å². The van der Waals surface area contributed by atoms with Crippen molar-refractivity contribution in [2.24, 2.45) is 0 Å². The highest BCUT2D eigenvalue weighted by atomic mass is 32.1. The number of likely N-dealkylation sites (tertiary alicyclic amines) is 1. The van der Waals surface area contributed by atoms with E-state index in [9.17, 15) is 0 Å². The van der Waals surface area contributed by atoms with Crippen LogP contribution in [0.1, 0.15) is 68.7 Å². The highest BCUT2D eigenvalue weighted by Crippen LogP contribution is 2.33. The zero-order valence-corrected chi connectivity index (χ0v) is 20.2. The lowest BCUT2D eigenvalue weighted by atomic mass is 9.84. The molecule has 0 bridgehead atoms. The molecule has 1 aliphatic carbocycles. The van der Waals surface area contributed by atoms with Gasteiger partial charge in [0.25, 0.3) is 0 Å². The zero-order chi connectivity index (χ0) is 22.5. The van der Waals surface area contributed by atoms with E-state index in [2.05, 4.69) is 45.9 Å². The number of piperidine rings is 1. The van der Waals surface area contributed by atoms with Crippen molar-refractivity contribution in [3.8, 4) is 11.4 Å². The van der Waals surface area contributed by atoms with Gasteiger partial charge in [-0.25, -0.2) is 4.68 Å². The van der Waals surface area contributed by atoms with Crippen LogP contribution >= 0.6 is 12.2 Å². The van der Waals surface area contributed by atoms with Crippen molar-refractivity contribution < 1.29 is 4.74 Å². The minimum atomic E-state index is 0.383. The molecule has 2 heterocycles. The van der Waals surface area contributed by atoms with Gasteiger partial charge in [0.05, 0.1) is 6.67 Å². The van der Waals surface area contributed by atoms with Gasteiger partial charge in [-0.05, 0) is 86.7 Å². The summed E-state index contributed by atoms with van der Waals surface area (Å²) in [5.41, 5.74) is 2.47. The topological polar surface area (TPSA) is 35.2 Å². The monoisotopic (exact) mass is 462 g/mol. The van der Waals surface area contributed by atoms with Gasteiger partial charge in [0.1, 0.15) is 12.4 Å². The maximum atomic E-state index is 6.20. The Hall–Kier alpha value is -2.44. The Morgan fingerprint density at radius 2 is 1.55 bits per heavy atom. The predicted octanol–water partition coefficient (Wildman–Crippen LogP) is 6.47. The van der Waals surface area contributed by atoms with Crippen molar-refractivity contribution in [2.75, 3.05) is 13.1 Å². The van der Waals surface area contributed by atoms with E-state index in [-0.39, 0.29) is 0 Å². The second-order valence-electron chi connectivity index (χ2n) is 9.38. The molecule has 5 nitrogen and oxygen atoms in total. The Morgan fingerprint density at radius 3 is 2.27 bits per heavy atom. The lowest BCUT2D eigenvalue weighted by molar-refractivity contribution is 0.171. The minimum absolute atomic E-state index is 0.383. The molecule has 2 aliphatic rings. The molecule has 2 fully saturated rings. The molecule has 0 spiro atoms. The highest BCUT2D eigenvalue weighted by molar-refractivity contribution is 7.71. The number of nitrogens with zero attached hydrogens (tertiary/aromatic N) is 4. The normalized spacial score (nSPS) is 17.8. The summed E-state index contributed by atoms with van der Waals surface area (Å²) < 4.78 is 10.9. The molecule has 1 saturated heterocycles. The van der Waals surface area contributed by atoms with Gasteiger partial charge in [0.2, 0.25) is 4.77 Å². The number of ether oxygens (including phenoxy) is 1. The quantitative estimate of drug-likeness (QED) is 0.377. The van der Waals surface area contributed by atoms with Crippen LogP contribution in [0.25, 0.3) is 5.69 Å². The fraction of sp³-hybridized carbons (Fsp3) is 0.481. The van der Waals surface area contributed by atoms with Crippen LogP contribution in [0.3, 0.4) is 0 Å². The number of aromatic nitrogens is 3. The Labute approximate surface area is 202 Å². The number of benzene rings is 2. The standard InChI is InChI=1S/C27H34N4OS/c33-27-30(21-29-18-8-3-9-19-29)28-26(31(27)24-12-6-2-7-13-24)20-32-25-16-14-23(15-17-25)22-10-4-1-5-11-22/h2,6-7,12-17,22H,1,3-5,8-11,18-21H2. The summed E-state index contributed by atoms with van der Waals surface area (Å²) in [6.07, 6.45) is 10.5. The molecule has 1 aromatic heterocycles. The van der Waals surface area contributed by atoms with Crippen molar-refractivity contribution in [3.05, 3.63) is 70.8 Å². The molecule has 6 heteroatoms. The molecular formula is C27H34N4OS. The molecule has 3 aromatic rings. The number of rotatable bonds is 7. The van der Waals surface area contributed by atoms with Gasteiger partial charge in [0.15, 0.2) is 5.82 Å². The van der Waals surface area contributed by atoms with Gasteiger partial charge >= 0.3 is 0 Å². The largest absolute Gasteiger partial charge is 0.486 e. The third-order valence-corrected chi connectivity index (χ3v) is 7.42. The third-order valence-electron chi connectivity index (χ3n) is 7.03. The first-order valence-corrected chi connectivity index (χ1v) is 12.9. The van der Waals surface area contributed by atoms with Crippen LogP contribution in [0, 0.1) is 4.77 Å². The molecule has 0 amide bonds. The molecule has 2 aromatic carbocycles. The van der Waals surface area contributed by atoms with Crippen molar-refractivity contribution in [1.29, 1.82) is 0 Å². The smallest absolute Gasteiger partial charge is 0.203 e. The zero-order valence-electron chi connectivity index (χ0n) is 19.4. The summed E-state index contributed by atoms with van der Waals surface area (Å²) in [6, 6.07) is 18.9. The van der Waals surface area contributed by atoms with E-state index in [1.807, 2.05) is 22.9 Å². The number of hydrogen-bond donors (Lipinski definition) is 0. The van der Waals surface area contributed by atoms with Gasteiger partial charge in [-0.15, -0.1) is 0 Å². The van der Waals surface area contributed by atoms with Gasteiger partial charge in [-0.1, -0.05) is 56.0 Å². The van der Waals surface area contributed by atoms with Gasteiger partial charge in [0, 0.05) is 5.69 Å². The average Bonchev–Trinajstić information content (AvgIpc) is 3.19. The lowest BCUT2D eigenvalue weighted by Gasteiger charge is -2.25. The molecule has 0 atom stereocenters. The van der Waals surface area contributed by atoms with Crippen LogP contribution in [0.2, 0.25) is 0 Å². The van der Waals surface area contributed by atoms with E-state index in [0.29, 0.717) is 12.5 Å². The number of para-hydroxylation sites is 1. The molecule has 33 heavy (non-hydrogen) atoms. The van der Waals surface area contributed by atoms with Crippen molar-refractivity contribution in [1.82, 2.24) is 19.2 Å². The third kappa shape index (κ3) is 5.39. The maximum absolute atomic E-state index is 6.20. The van der Waals surface area contributed by atoms with Crippen LogP contribution in [0.15, 0.2) is 54.6 Å². The van der Waals surface area contributed by atoms with E-state index in [1.165, 1.54) is 56.9 Å². The SMILES string of the molecule is S=c1n(CN2CCCCC2)nc(COc2ccc(C3CCCCC3)cc2)n1-c1ccccc1. The summed E-state index contributed by atoms with van der Waals surface area (Å²) in [6.45, 7) is 3.34. The Kier molecular flexibility index (Phi) is 7.22. The summed E-state index contributed by atoms with van der Waals surface area (Å²) in [5, 5.41) is 4.90. The van der Waals surface area contributed by atoms with E-state index >= 15 is 0 Å². The first kappa shape index (κ1) is 22.4. The van der Waals surface area contributed by atoms with Crippen molar-refractivity contribution in [3.63, 3.8) is 0 Å². The number of hydrogen-bond acceptors (Lipinski definition) is 4. The molecule has 0 radical (unpaired) electrons. The molecule has 1 aliphatic heterocycles. The molecule has 1 saturated carbocycles. The molecular weight excluding hydrogens is 428 g/mol. The van der Waals surface area contributed by atoms with Crippen molar-refractivity contribution >= 4 is 12.2 Å². The van der Waals surface area contributed by atoms with Gasteiger partial charge in [-0.2, -0.15) is 5.10 Å². The molecule has 174 valence electrons. The minimum Gasteiger partial charge on any atom is -0.486 e. The van der Waals surface area contributed by atoms with E-state index in [4.69, 9.17) is 22.1 Å². The fourth-order valence-electron chi connectivity index (χ4n) is 5.19. The van der Waals surface area contributed by atoms with Gasteiger partial charge < -0.3 is 4.74 Å². The molecule has 5 rings (SSSR count). The van der Waals surface area contributed by atoms with Crippen LogP contribution in [0.5, 0.6) is 5.75 Å². The maximum Gasteiger partial charge on any atom is 0.203 e. The second kappa shape index (κ2) is 10.7. The summed E-state index contributed by atoms with van der Waals surface area (Å²) >= 11 is 5.86. The highest BCUT2D eigenvalue weighted by Gasteiger charge is 2.18. The fourth-order valence-corrected chi connectivity index (χ4v) is 5.49. The van der Waals surface area contributed by atoms with E-state index in [1.54, 1.807) is 0 Å². The first-order valence-electron chi connectivity index (χ1n) is 12.5. The second-order valence-corrected chi connectivity index (χ2v) is 9.75. The van der Waals surface area contributed by atoms with E-state index < -0.39 is 0 Å². The van der Waals surface area contributed by atoms with Crippen LogP contribution in [0.4, 0.5) is 0 Å². The Bertz CT molecular complexity index is 1080. The molecule has 0 N–H and O–H groups in total. The van der Waals surface area contributed by atoms with Crippen LogP contribution in [-0.4, -0.2) is 32.3 Å². The first-order chi connectivity index (χ1) is 16.3. The lowest BCUT2D eigenvalue weighted by Crippen LogP contribution is -2.32. The van der Waals surface area contributed by atoms with E-state index in [0.717, 1.165) is 41.8 Å². The van der Waals surface area contributed by atoms with Crippen LogP contribution in [-0.2, 0) is 13.3 Å². The summed E-state index contributed by atoms with van der Waals surface area (Å²) in [5.74, 6) is 2.42. The summed E-state index contributed by atoms with van der Waals surface area (Å²) in [4.78, 5) is 2.44. The predicted molar refractivity (Wildman–Crippen MR) is 134 cm³/mol. The molecule has 0 unspecified atom stereocenters. The average molecular weight is 463 g/mol. The van der Waals surface area contributed by atoms with Gasteiger partial charge in [-0.3, -0.25) is 9.47 Å². The Balaban J connectivity index is 1.34. The van der Waals surface area contributed by atoms with Crippen LogP contribution < -0.4 is 4.74 Å². The Morgan fingerprint density at radius 1 is 0.848 bits per heavy atom. The summed E-state index contributed by atoms with van der Waals surface area (Å²) in [7, 11) is 0.